The number of aromatic nitrogens is 2. The van der Waals surface area contributed by atoms with E-state index >= 15 is 0 Å². The van der Waals surface area contributed by atoms with Crippen molar-refractivity contribution in [2.75, 3.05) is 20.3 Å². The number of thiazole rings is 1. The molecular formula is C19H21N3O2S. The van der Waals surface area contributed by atoms with Crippen LogP contribution in [-0.2, 0) is 4.74 Å². The highest BCUT2D eigenvalue weighted by Gasteiger charge is 2.27. The molecule has 1 aromatic carbocycles. The molecule has 0 N–H and O–H groups in total. The van der Waals surface area contributed by atoms with Gasteiger partial charge in [-0.3, -0.25) is 9.20 Å². The van der Waals surface area contributed by atoms with E-state index < -0.39 is 0 Å². The molecule has 3 heterocycles. The van der Waals surface area contributed by atoms with Crippen LogP contribution in [0.1, 0.15) is 28.0 Å². The number of carbonyl (C=O) groups excluding carboxylic acids is 1. The summed E-state index contributed by atoms with van der Waals surface area (Å²) >= 11 is 1.50. The number of ether oxygens (including phenoxy) is 1. The van der Waals surface area contributed by atoms with Crippen molar-refractivity contribution in [3.8, 4) is 11.3 Å². The van der Waals surface area contributed by atoms with Gasteiger partial charge in [0.25, 0.3) is 5.91 Å². The molecular weight excluding hydrogens is 334 g/mol. The lowest BCUT2D eigenvalue weighted by Crippen LogP contribution is -2.37. The molecule has 0 unspecified atom stereocenters. The minimum Gasteiger partial charge on any atom is -0.379 e. The summed E-state index contributed by atoms with van der Waals surface area (Å²) in [6.45, 7) is 5.51. The highest BCUT2D eigenvalue weighted by Crippen LogP contribution is 2.27. The lowest BCUT2D eigenvalue weighted by Gasteiger charge is -2.22. The maximum Gasteiger partial charge on any atom is 0.271 e. The van der Waals surface area contributed by atoms with Crippen LogP contribution in [0, 0.1) is 13.8 Å². The lowest BCUT2D eigenvalue weighted by molar-refractivity contribution is 0.0704. The largest absolute Gasteiger partial charge is 0.379 e. The van der Waals surface area contributed by atoms with Gasteiger partial charge in [0, 0.05) is 30.8 Å². The van der Waals surface area contributed by atoms with Crippen molar-refractivity contribution in [3.63, 3.8) is 0 Å². The van der Waals surface area contributed by atoms with Gasteiger partial charge in [0.05, 0.1) is 18.3 Å². The number of fused-ring (bicyclic) bond motifs is 1. The molecule has 1 fully saturated rings. The van der Waals surface area contributed by atoms with Crippen LogP contribution >= 0.6 is 11.3 Å². The van der Waals surface area contributed by atoms with E-state index in [1.165, 1.54) is 22.5 Å². The predicted octanol–water partition coefficient (Wildman–Crippen LogP) is 3.54. The molecule has 1 aliphatic rings. The third-order valence-corrected chi connectivity index (χ3v) is 5.71. The summed E-state index contributed by atoms with van der Waals surface area (Å²) in [6.07, 6.45) is 2.87. The maximum atomic E-state index is 12.9. The van der Waals surface area contributed by atoms with Gasteiger partial charge in [-0.25, -0.2) is 4.98 Å². The molecule has 5 nitrogen and oxygen atoms in total. The Morgan fingerprint density at radius 1 is 1.40 bits per heavy atom. The van der Waals surface area contributed by atoms with Gasteiger partial charge in [-0.05, 0) is 31.9 Å². The molecule has 1 saturated heterocycles. The summed E-state index contributed by atoms with van der Waals surface area (Å²) in [6, 6.07) is 6.51. The smallest absolute Gasteiger partial charge is 0.271 e. The topological polar surface area (TPSA) is 46.8 Å². The standard InChI is InChI=1S/C19H21N3O2S/c1-12-4-5-13(2)15(8-12)16-9-22-17(11-25-19(22)20-16)18(23)21(3)14-6-7-24-10-14/h4-5,8-9,11,14H,6-7,10H2,1-3H3/t14-/m1/s1. The van der Waals surface area contributed by atoms with Gasteiger partial charge in [-0.15, -0.1) is 11.3 Å². The van der Waals surface area contributed by atoms with E-state index in [2.05, 4.69) is 32.0 Å². The zero-order valence-electron chi connectivity index (χ0n) is 14.7. The number of hydrogen-bond donors (Lipinski definition) is 0. The number of imidazole rings is 1. The predicted molar refractivity (Wildman–Crippen MR) is 99.3 cm³/mol. The fourth-order valence-electron chi connectivity index (χ4n) is 3.25. The summed E-state index contributed by atoms with van der Waals surface area (Å²) < 4.78 is 7.32. The van der Waals surface area contributed by atoms with E-state index in [0.717, 1.165) is 29.2 Å². The van der Waals surface area contributed by atoms with E-state index in [1.807, 2.05) is 23.0 Å². The molecule has 1 aliphatic heterocycles. The second-order valence-electron chi connectivity index (χ2n) is 6.65. The normalized spacial score (nSPS) is 17.3. The molecule has 1 atom stereocenters. The zero-order chi connectivity index (χ0) is 17.6. The van der Waals surface area contributed by atoms with Crippen LogP contribution in [0.2, 0.25) is 0 Å². The number of amides is 1. The van der Waals surface area contributed by atoms with Crippen molar-refractivity contribution in [3.05, 3.63) is 46.6 Å². The van der Waals surface area contributed by atoms with Gasteiger partial charge < -0.3 is 9.64 Å². The van der Waals surface area contributed by atoms with Crippen LogP contribution in [-0.4, -0.2) is 46.5 Å². The van der Waals surface area contributed by atoms with E-state index in [4.69, 9.17) is 9.72 Å². The number of hydrogen-bond acceptors (Lipinski definition) is 4. The van der Waals surface area contributed by atoms with Gasteiger partial charge in [0.15, 0.2) is 4.96 Å². The van der Waals surface area contributed by atoms with Crippen molar-refractivity contribution in [1.82, 2.24) is 14.3 Å². The molecule has 4 rings (SSSR count). The fourth-order valence-corrected chi connectivity index (χ4v) is 4.10. The van der Waals surface area contributed by atoms with E-state index in [9.17, 15) is 4.79 Å². The molecule has 0 saturated carbocycles. The summed E-state index contributed by atoms with van der Waals surface area (Å²) in [7, 11) is 1.85. The third-order valence-electron chi connectivity index (χ3n) is 4.87. The SMILES string of the molecule is Cc1ccc(C)c(-c2cn3c(C(=O)N(C)[C@@H]4CCOC4)csc3n2)c1. The second-order valence-corrected chi connectivity index (χ2v) is 7.49. The van der Waals surface area contributed by atoms with Crippen LogP contribution < -0.4 is 0 Å². The van der Waals surface area contributed by atoms with Crippen LogP contribution in [0.25, 0.3) is 16.2 Å². The van der Waals surface area contributed by atoms with Gasteiger partial charge in [-0.2, -0.15) is 0 Å². The van der Waals surface area contributed by atoms with Crippen molar-refractivity contribution >= 4 is 22.2 Å². The Labute approximate surface area is 150 Å². The average Bonchev–Trinajstić information content (AvgIpc) is 3.32. The van der Waals surface area contributed by atoms with Crippen LogP contribution in [0.4, 0.5) is 0 Å². The molecule has 25 heavy (non-hydrogen) atoms. The molecule has 2 aromatic heterocycles. The second kappa shape index (κ2) is 6.28. The molecule has 130 valence electrons. The Bertz CT molecular complexity index is 937. The fraction of sp³-hybridized carbons (Fsp3) is 0.368. The first-order valence-electron chi connectivity index (χ1n) is 8.43. The summed E-state index contributed by atoms with van der Waals surface area (Å²) in [5, 5.41) is 1.89. The van der Waals surface area contributed by atoms with Crippen molar-refractivity contribution in [2.45, 2.75) is 26.3 Å². The first kappa shape index (κ1) is 16.3. The molecule has 6 heteroatoms. The van der Waals surface area contributed by atoms with Crippen LogP contribution in [0.15, 0.2) is 29.8 Å². The van der Waals surface area contributed by atoms with E-state index in [-0.39, 0.29) is 11.9 Å². The van der Waals surface area contributed by atoms with Gasteiger partial charge >= 0.3 is 0 Å². The quantitative estimate of drug-likeness (QED) is 0.722. The number of aryl methyl sites for hydroxylation is 2. The Hall–Kier alpha value is -2.18. The molecule has 1 amide bonds. The number of likely N-dealkylation sites (N-methyl/N-ethyl adjacent to an activating group) is 1. The van der Waals surface area contributed by atoms with Crippen molar-refractivity contribution < 1.29 is 9.53 Å². The number of rotatable bonds is 3. The number of nitrogens with zero attached hydrogens (tertiary/aromatic N) is 3. The monoisotopic (exact) mass is 355 g/mol. The van der Waals surface area contributed by atoms with Gasteiger partial charge in [0.2, 0.25) is 0 Å². The Morgan fingerprint density at radius 2 is 2.24 bits per heavy atom. The Balaban J connectivity index is 1.71. The van der Waals surface area contributed by atoms with E-state index in [1.54, 1.807) is 4.90 Å². The highest BCUT2D eigenvalue weighted by molar-refractivity contribution is 7.15. The summed E-state index contributed by atoms with van der Waals surface area (Å²) in [5.41, 5.74) is 5.08. The average molecular weight is 355 g/mol. The lowest BCUT2D eigenvalue weighted by atomic mass is 10.0. The third kappa shape index (κ3) is 2.85. The Morgan fingerprint density at radius 3 is 3.00 bits per heavy atom. The molecule has 0 radical (unpaired) electrons. The molecule has 0 aliphatic carbocycles. The van der Waals surface area contributed by atoms with Crippen molar-refractivity contribution in [2.24, 2.45) is 0 Å². The van der Waals surface area contributed by atoms with Crippen LogP contribution in [0.5, 0.6) is 0 Å². The first-order chi connectivity index (χ1) is 12.0. The van der Waals surface area contributed by atoms with Gasteiger partial charge in [0.1, 0.15) is 5.69 Å². The van der Waals surface area contributed by atoms with E-state index in [0.29, 0.717) is 12.3 Å². The summed E-state index contributed by atoms with van der Waals surface area (Å²) in [4.78, 5) is 20.3. The first-order valence-corrected chi connectivity index (χ1v) is 9.31. The van der Waals surface area contributed by atoms with Gasteiger partial charge in [-0.1, -0.05) is 17.7 Å². The number of carbonyl (C=O) groups is 1. The summed E-state index contributed by atoms with van der Waals surface area (Å²) in [5.74, 6) is 0.0201. The molecule has 0 spiro atoms. The Kier molecular flexibility index (Phi) is 4.09. The minimum atomic E-state index is 0.0201. The highest BCUT2D eigenvalue weighted by atomic mass is 32.1. The van der Waals surface area contributed by atoms with Crippen molar-refractivity contribution in [1.29, 1.82) is 0 Å². The molecule has 3 aromatic rings. The maximum absolute atomic E-state index is 12.9. The minimum absolute atomic E-state index is 0.0201. The number of benzene rings is 1. The zero-order valence-corrected chi connectivity index (χ0v) is 15.5. The molecule has 0 bridgehead atoms. The van der Waals surface area contributed by atoms with Crippen LogP contribution in [0.3, 0.4) is 0 Å².